The van der Waals surface area contributed by atoms with E-state index in [-0.39, 0.29) is 16.6 Å². The van der Waals surface area contributed by atoms with Gasteiger partial charge in [-0.3, -0.25) is 4.79 Å². The Hall–Kier alpha value is -1.66. The lowest BCUT2D eigenvalue weighted by Crippen LogP contribution is -2.49. The Kier molecular flexibility index (Phi) is 4.01. The van der Waals surface area contributed by atoms with Gasteiger partial charge in [-0.25, -0.2) is 0 Å². The minimum absolute atomic E-state index is 0.0193. The third-order valence-corrected chi connectivity index (χ3v) is 3.40. The first-order valence-corrected chi connectivity index (χ1v) is 6.40. The van der Waals surface area contributed by atoms with Gasteiger partial charge in [-0.05, 0) is 18.6 Å². The highest BCUT2D eigenvalue weighted by atomic mass is 32.1. The summed E-state index contributed by atoms with van der Waals surface area (Å²) in [7, 11) is 0. The third kappa shape index (κ3) is 2.85. The first-order valence-electron chi connectivity index (χ1n) is 5.99. The van der Waals surface area contributed by atoms with Gasteiger partial charge in [-0.15, -0.1) is 0 Å². The van der Waals surface area contributed by atoms with Gasteiger partial charge in [-0.1, -0.05) is 24.4 Å². The molecule has 0 aromatic heterocycles. The monoisotopic (exact) mass is 280 g/mol. The maximum absolute atomic E-state index is 12.4. The van der Waals surface area contributed by atoms with Crippen LogP contribution in [0.2, 0.25) is 0 Å². The quantitative estimate of drug-likeness (QED) is 0.785. The number of phenolic OH excluding ortho intramolecular Hbond substituents is 1. The van der Waals surface area contributed by atoms with Crippen LogP contribution in [0.25, 0.3) is 0 Å². The van der Waals surface area contributed by atoms with Gasteiger partial charge in [-0.2, -0.15) is 0 Å². The Bertz CT molecular complexity index is 519. The van der Waals surface area contributed by atoms with E-state index in [1.54, 1.807) is 30.0 Å². The van der Waals surface area contributed by atoms with Crippen LogP contribution in [-0.4, -0.2) is 46.7 Å². The van der Waals surface area contributed by atoms with Gasteiger partial charge in [0, 0.05) is 6.54 Å². The number of amides is 1. The zero-order valence-corrected chi connectivity index (χ0v) is 11.4. The van der Waals surface area contributed by atoms with E-state index in [2.05, 4.69) is 0 Å². The van der Waals surface area contributed by atoms with Crippen molar-refractivity contribution in [2.24, 2.45) is 5.73 Å². The van der Waals surface area contributed by atoms with Gasteiger partial charge in [0.25, 0.3) is 5.91 Å². The first-order chi connectivity index (χ1) is 9.00. The number of carbonyl (C=O) groups excluding carboxylic acids is 1. The van der Waals surface area contributed by atoms with Crippen molar-refractivity contribution in [1.29, 1.82) is 0 Å². The summed E-state index contributed by atoms with van der Waals surface area (Å²) < 4.78 is 5.39. The number of hydrogen-bond donors (Lipinski definition) is 2. The topological polar surface area (TPSA) is 75.8 Å². The van der Waals surface area contributed by atoms with E-state index in [0.717, 1.165) is 0 Å². The molecule has 0 radical (unpaired) electrons. The summed E-state index contributed by atoms with van der Waals surface area (Å²) in [6, 6.07) is 5.10. The van der Waals surface area contributed by atoms with Gasteiger partial charge in [0.1, 0.15) is 16.8 Å². The molecule has 1 amide bonds. The number of aryl methyl sites for hydroxylation is 1. The number of phenols is 1. The van der Waals surface area contributed by atoms with Gasteiger partial charge in [0.15, 0.2) is 0 Å². The lowest BCUT2D eigenvalue weighted by Gasteiger charge is -2.32. The third-order valence-electron chi connectivity index (χ3n) is 3.14. The second-order valence-corrected chi connectivity index (χ2v) is 4.96. The zero-order valence-electron chi connectivity index (χ0n) is 10.6. The fourth-order valence-electron chi connectivity index (χ4n) is 2.01. The molecule has 19 heavy (non-hydrogen) atoms. The number of ether oxygens (including phenoxy) is 1. The molecule has 0 aliphatic carbocycles. The van der Waals surface area contributed by atoms with Crippen LogP contribution in [0.1, 0.15) is 15.9 Å². The predicted molar refractivity (Wildman–Crippen MR) is 75.3 cm³/mol. The number of benzene rings is 1. The highest BCUT2D eigenvalue weighted by molar-refractivity contribution is 7.80. The predicted octanol–water partition coefficient (Wildman–Crippen LogP) is 0.828. The Morgan fingerprint density at radius 2 is 2.32 bits per heavy atom. The summed E-state index contributed by atoms with van der Waals surface area (Å²) in [6.45, 7) is 2.93. The lowest BCUT2D eigenvalue weighted by molar-refractivity contribution is 0.00864. The van der Waals surface area contributed by atoms with Crippen LogP contribution in [0.15, 0.2) is 18.2 Å². The Morgan fingerprint density at radius 3 is 3.00 bits per heavy atom. The number of para-hydroxylation sites is 1. The molecular weight excluding hydrogens is 264 g/mol. The fourth-order valence-corrected chi connectivity index (χ4v) is 2.15. The number of carbonyl (C=O) groups is 1. The van der Waals surface area contributed by atoms with E-state index in [1.165, 1.54) is 0 Å². The van der Waals surface area contributed by atoms with Crippen molar-refractivity contribution in [2.45, 2.75) is 13.0 Å². The summed E-state index contributed by atoms with van der Waals surface area (Å²) in [5.74, 6) is -0.211. The van der Waals surface area contributed by atoms with Gasteiger partial charge in [0.2, 0.25) is 0 Å². The van der Waals surface area contributed by atoms with Crippen molar-refractivity contribution in [3.63, 3.8) is 0 Å². The lowest BCUT2D eigenvalue weighted by atomic mass is 10.1. The molecule has 102 valence electrons. The average Bonchev–Trinajstić information content (AvgIpc) is 2.41. The van der Waals surface area contributed by atoms with Gasteiger partial charge in [0.05, 0.1) is 18.7 Å². The highest BCUT2D eigenvalue weighted by Crippen LogP contribution is 2.23. The number of nitrogens with zero attached hydrogens (tertiary/aromatic N) is 1. The van der Waals surface area contributed by atoms with Crippen LogP contribution in [0.3, 0.4) is 0 Å². The molecule has 3 N–H and O–H groups in total. The smallest absolute Gasteiger partial charge is 0.257 e. The summed E-state index contributed by atoms with van der Waals surface area (Å²) in [5, 5.41) is 9.94. The van der Waals surface area contributed by atoms with E-state index < -0.39 is 6.10 Å². The number of hydrogen-bond acceptors (Lipinski definition) is 4. The molecule has 1 unspecified atom stereocenters. The molecule has 1 aromatic carbocycles. The fraction of sp³-hybridized carbons (Fsp3) is 0.385. The van der Waals surface area contributed by atoms with Crippen LogP contribution in [0.4, 0.5) is 0 Å². The molecule has 0 bridgehead atoms. The van der Waals surface area contributed by atoms with Crippen molar-refractivity contribution in [2.75, 3.05) is 19.7 Å². The minimum atomic E-state index is -0.417. The summed E-state index contributed by atoms with van der Waals surface area (Å²) >= 11 is 4.88. The van der Waals surface area contributed by atoms with Crippen LogP contribution in [0, 0.1) is 6.92 Å². The van der Waals surface area contributed by atoms with Crippen molar-refractivity contribution in [3.05, 3.63) is 29.3 Å². The molecule has 1 atom stereocenters. The molecule has 1 aromatic rings. The molecule has 1 fully saturated rings. The van der Waals surface area contributed by atoms with Crippen LogP contribution in [0.5, 0.6) is 5.75 Å². The van der Waals surface area contributed by atoms with E-state index in [1.807, 2.05) is 0 Å². The van der Waals surface area contributed by atoms with Crippen LogP contribution >= 0.6 is 12.2 Å². The Labute approximate surface area is 117 Å². The van der Waals surface area contributed by atoms with Crippen molar-refractivity contribution >= 4 is 23.1 Å². The van der Waals surface area contributed by atoms with Crippen molar-refractivity contribution < 1.29 is 14.6 Å². The molecular formula is C13H16N2O3S. The molecule has 1 aliphatic rings. The minimum Gasteiger partial charge on any atom is -0.507 e. The molecule has 1 saturated heterocycles. The first kappa shape index (κ1) is 13.8. The molecule has 6 heteroatoms. The van der Waals surface area contributed by atoms with E-state index in [0.29, 0.717) is 30.8 Å². The van der Waals surface area contributed by atoms with Crippen molar-refractivity contribution in [3.8, 4) is 5.75 Å². The van der Waals surface area contributed by atoms with Crippen LogP contribution < -0.4 is 5.73 Å². The molecule has 2 rings (SSSR count). The van der Waals surface area contributed by atoms with E-state index >= 15 is 0 Å². The maximum Gasteiger partial charge on any atom is 0.257 e. The largest absolute Gasteiger partial charge is 0.507 e. The second-order valence-electron chi connectivity index (χ2n) is 4.48. The number of morpholine rings is 1. The van der Waals surface area contributed by atoms with Crippen molar-refractivity contribution in [1.82, 2.24) is 4.90 Å². The molecule has 0 saturated carbocycles. The average molecular weight is 280 g/mol. The highest BCUT2D eigenvalue weighted by Gasteiger charge is 2.27. The summed E-state index contributed by atoms with van der Waals surface area (Å²) in [4.78, 5) is 14.2. The van der Waals surface area contributed by atoms with Crippen LogP contribution in [-0.2, 0) is 4.74 Å². The van der Waals surface area contributed by atoms with Gasteiger partial charge < -0.3 is 20.5 Å². The number of aromatic hydroxyl groups is 1. The maximum atomic E-state index is 12.4. The molecule has 0 spiro atoms. The second kappa shape index (κ2) is 5.54. The number of thiocarbonyl (C=S) groups is 1. The summed E-state index contributed by atoms with van der Waals surface area (Å²) in [6.07, 6.45) is -0.417. The molecule has 5 nitrogen and oxygen atoms in total. The zero-order chi connectivity index (χ0) is 14.0. The molecule has 1 heterocycles. The van der Waals surface area contributed by atoms with E-state index in [4.69, 9.17) is 22.7 Å². The Morgan fingerprint density at radius 1 is 1.58 bits per heavy atom. The van der Waals surface area contributed by atoms with E-state index in [9.17, 15) is 9.90 Å². The summed E-state index contributed by atoms with van der Waals surface area (Å²) in [5.41, 5.74) is 6.51. The number of nitrogens with two attached hydrogens (primary N) is 1. The molecule has 1 aliphatic heterocycles. The van der Waals surface area contributed by atoms with Gasteiger partial charge >= 0.3 is 0 Å². The normalized spacial score (nSPS) is 19.2. The Balaban J connectivity index is 2.19. The SMILES string of the molecule is Cc1cccc(C(=O)N2CCOC(C(N)=S)C2)c1O. The standard InChI is InChI=1S/C13H16N2O3S/c1-8-3-2-4-9(11(8)16)13(17)15-5-6-18-10(7-15)12(14)19/h2-4,10,16H,5-7H2,1H3,(H2,14,19). The number of rotatable bonds is 2.